The first-order valence-electron chi connectivity index (χ1n) is 29.4. The molecular weight excluding hydrogens is 1230 g/mol. The molecular formula is C68H72N4O14S4. The van der Waals surface area contributed by atoms with E-state index in [1.54, 1.807) is 146 Å². The van der Waals surface area contributed by atoms with Gasteiger partial charge < -0.3 is 28.4 Å². The normalized spacial score (nSPS) is 14.8. The molecule has 0 spiro atoms. The molecule has 18 nitrogen and oxygen atoms in total. The maximum Gasteiger partial charge on any atom is 0.264 e. The maximum atomic E-state index is 14.9. The van der Waals surface area contributed by atoms with Gasteiger partial charge >= 0.3 is 0 Å². The summed E-state index contributed by atoms with van der Waals surface area (Å²) in [4.78, 5) is 0.198. The summed E-state index contributed by atoms with van der Waals surface area (Å²) in [5.74, 6) is 1.42. The maximum absolute atomic E-state index is 14.9. The quantitative estimate of drug-likeness (QED) is 0.112. The molecule has 0 radical (unpaired) electrons. The highest BCUT2D eigenvalue weighted by Crippen LogP contribution is 2.45. The van der Waals surface area contributed by atoms with E-state index in [9.17, 15) is 33.7 Å². The van der Waals surface area contributed by atoms with Crippen LogP contribution < -0.4 is 36.2 Å². The monoisotopic (exact) mass is 1300 g/mol. The Morgan fingerprint density at radius 1 is 0.267 bits per heavy atom. The van der Waals surface area contributed by atoms with Crippen molar-refractivity contribution in [3.8, 4) is 23.0 Å². The van der Waals surface area contributed by atoms with Crippen molar-refractivity contribution in [2.75, 3.05) is 98.3 Å². The molecule has 0 amide bonds. The predicted octanol–water partition coefficient (Wildman–Crippen LogP) is 10.5. The zero-order chi connectivity index (χ0) is 63.9. The van der Waals surface area contributed by atoms with Gasteiger partial charge in [-0.3, -0.25) is 17.2 Å². The van der Waals surface area contributed by atoms with Gasteiger partial charge in [-0.2, -0.15) is 0 Å². The molecule has 2 heterocycles. The predicted molar refractivity (Wildman–Crippen MR) is 348 cm³/mol. The van der Waals surface area contributed by atoms with Gasteiger partial charge in [-0.1, -0.05) is 70.8 Å². The number of rotatable bonds is 12. The van der Waals surface area contributed by atoms with E-state index in [1.165, 1.54) is 45.4 Å². The van der Waals surface area contributed by atoms with E-state index in [0.29, 0.717) is 67.5 Å². The van der Waals surface area contributed by atoms with Crippen LogP contribution in [0.5, 0.6) is 23.0 Å². The van der Waals surface area contributed by atoms with Crippen LogP contribution in [0.25, 0.3) is 0 Å². The summed E-state index contributed by atoms with van der Waals surface area (Å²) in [6.07, 6.45) is -0.161. The third kappa shape index (κ3) is 13.0. The second-order valence-corrected chi connectivity index (χ2v) is 30.7. The van der Waals surface area contributed by atoms with Gasteiger partial charge in [-0.25, -0.2) is 33.7 Å². The van der Waals surface area contributed by atoms with Crippen molar-refractivity contribution in [2.45, 2.75) is 73.0 Å². The van der Waals surface area contributed by atoms with Crippen LogP contribution in [0, 0.1) is 27.7 Å². The smallest absolute Gasteiger partial charge is 0.264 e. The molecule has 0 fully saturated rings. The summed E-state index contributed by atoms with van der Waals surface area (Å²) in [7, 11) is -11.1. The molecule has 8 aromatic rings. The molecule has 12 bridgehead atoms. The minimum atomic E-state index is -4.25. The van der Waals surface area contributed by atoms with Crippen molar-refractivity contribution >= 4 is 62.8 Å². The summed E-state index contributed by atoms with van der Waals surface area (Å²) < 4.78 is 164. The van der Waals surface area contributed by atoms with E-state index < -0.39 is 40.1 Å². The molecule has 3 aliphatic rings. The molecule has 0 saturated heterocycles. The van der Waals surface area contributed by atoms with Gasteiger partial charge in [-0.15, -0.1) is 0 Å². The van der Waals surface area contributed by atoms with Gasteiger partial charge in [0, 0.05) is 98.4 Å². The lowest BCUT2D eigenvalue weighted by atomic mass is 9.90. The first-order chi connectivity index (χ1) is 42.9. The second kappa shape index (κ2) is 25.6. The van der Waals surface area contributed by atoms with E-state index in [2.05, 4.69) is 0 Å². The molecule has 90 heavy (non-hydrogen) atoms. The fraction of sp³-hybridized carbons (Fsp3) is 0.294. The van der Waals surface area contributed by atoms with Gasteiger partial charge in [0.25, 0.3) is 40.1 Å². The standard InChI is InChI=1S/C68H72N4O14S4/c1-45-9-17-61(18-10-45)87(73,74)69(5)57-37-49-33-50-38-58(70(6)88(75,76)62-19-11-46(2)12-20-62)43-55-36-56-44-60(72(8)90(79,80)64-23-15-48(4)16-24-64)40-52-34-51-39-59(71(7)89(77,78)63-21-13-47(3)14-22-63)42-54(67(51)85-31-27-82-28-32-86-68(52)56)35-53(41-57)65(49)83-29-25-81-26-30-84-66(50)55/h9-24,37-44H,25-36H2,1-8H3. The number of nitrogens with zero attached hydrogens (tertiary/aromatic N) is 4. The molecule has 1 aliphatic carbocycles. The van der Waals surface area contributed by atoms with Crippen molar-refractivity contribution in [2.24, 2.45) is 0 Å². The molecule has 2 aliphatic heterocycles. The number of sulfonamides is 4. The van der Waals surface area contributed by atoms with Gasteiger partial charge in [0.05, 0.1) is 68.8 Å². The molecule has 11 rings (SSSR count). The van der Waals surface area contributed by atoms with Gasteiger partial charge in [0.2, 0.25) is 0 Å². The molecule has 0 aromatic heterocycles. The largest absolute Gasteiger partial charge is 0.491 e. The number of hydrogen-bond donors (Lipinski definition) is 0. The van der Waals surface area contributed by atoms with Crippen LogP contribution >= 0.6 is 0 Å². The lowest BCUT2D eigenvalue weighted by Crippen LogP contribution is -2.28. The Labute approximate surface area is 528 Å². The van der Waals surface area contributed by atoms with E-state index in [1.807, 2.05) is 27.7 Å². The molecule has 0 N–H and O–H groups in total. The number of hydrogen-bond acceptors (Lipinski definition) is 14. The highest BCUT2D eigenvalue weighted by molar-refractivity contribution is 7.93. The third-order valence-electron chi connectivity index (χ3n) is 16.5. The van der Waals surface area contributed by atoms with E-state index in [0.717, 1.165) is 22.3 Å². The summed E-state index contributed by atoms with van der Waals surface area (Å²) in [6.45, 7) is 8.15. The summed E-state index contributed by atoms with van der Waals surface area (Å²) in [6, 6.07) is 40.1. The van der Waals surface area contributed by atoms with Crippen LogP contribution in [0.15, 0.2) is 165 Å². The number of aryl methyl sites for hydroxylation is 4. The minimum absolute atomic E-state index is 0.0280. The Hall–Kier alpha value is -8.12. The Kier molecular flexibility index (Phi) is 18.1. The van der Waals surface area contributed by atoms with Crippen LogP contribution in [-0.2, 0) is 75.3 Å². The minimum Gasteiger partial charge on any atom is -0.491 e. The van der Waals surface area contributed by atoms with E-state index >= 15 is 0 Å². The average molecular weight is 1300 g/mol. The highest BCUT2D eigenvalue weighted by Gasteiger charge is 2.33. The summed E-state index contributed by atoms with van der Waals surface area (Å²) >= 11 is 0. The Morgan fingerprint density at radius 3 is 0.600 bits per heavy atom. The molecule has 0 unspecified atom stereocenters. The Balaban J connectivity index is 1.24. The van der Waals surface area contributed by atoms with Crippen molar-refractivity contribution in [3.05, 3.63) is 212 Å². The number of benzene rings is 8. The van der Waals surface area contributed by atoms with Crippen LogP contribution in [0.4, 0.5) is 22.7 Å². The van der Waals surface area contributed by atoms with Gasteiger partial charge in [0.15, 0.2) is 0 Å². The van der Waals surface area contributed by atoms with Crippen LogP contribution in [0.3, 0.4) is 0 Å². The Bertz CT molecular complexity index is 3920. The topological polar surface area (TPSA) is 205 Å². The van der Waals surface area contributed by atoms with Crippen LogP contribution in [0.2, 0.25) is 0 Å². The van der Waals surface area contributed by atoms with Crippen molar-refractivity contribution in [1.29, 1.82) is 0 Å². The molecule has 472 valence electrons. The van der Waals surface area contributed by atoms with Crippen molar-refractivity contribution in [1.82, 2.24) is 0 Å². The van der Waals surface area contributed by atoms with E-state index in [4.69, 9.17) is 28.4 Å². The highest BCUT2D eigenvalue weighted by atomic mass is 32.2. The van der Waals surface area contributed by atoms with Crippen molar-refractivity contribution < 1.29 is 62.1 Å². The van der Waals surface area contributed by atoms with Crippen LogP contribution in [0.1, 0.15) is 66.8 Å². The fourth-order valence-electron chi connectivity index (χ4n) is 11.3. The number of anilines is 4. The summed E-state index contributed by atoms with van der Waals surface area (Å²) in [5.41, 5.74) is 8.28. The average Bonchev–Trinajstić information content (AvgIpc) is 0.792. The molecule has 0 atom stereocenters. The first-order valence-corrected chi connectivity index (χ1v) is 35.2. The lowest BCUT2D eigenvalue weighted by Gasteiger charge is -2.29. The Morgan fingerprint density at radius 2 is 0.433 bits per heavy atom. The van der Waals surface area contributed by atoms with Gasteiger partial charge in [0.1, 0.15) is 49.4 Å². The zero-order valence-electron chi connectivity index (χ0n) is 51.5. The SMILES string of the molecule is Cc1ccc(S(=O)(=O)N(C)c2cc3c4c(c2)Cc2cc(N(C)S(=O)(=O)c5ccc(C)cc5)cc5c2OCCOCCOc2c(cc(N(C)S(=O)(=O)c6ccc(C)cc6)cc2Cc2cc(N(C)S(=O)(=O)c6ccc(C)cc6)cc(c2OCCOCCO4)C3)C5)cc1. The molecule has 0 saturated carbocycles. The zero-order valence-corrected chi connectivity index (χ0v) is 54.7. The first kappa shape index (κ1) is 63.4. The molecule has 8 aromatic carbocycles. The van der Waals surface area contributed by atoms with E-state index in [-0.39, 0.29) is 121 Å². The second-order valence-electron chi connectivity index (χ2n) is 22.8. The molecule has 22 heteroatoms. The lowest BCUT2D eigenvalue weighted by molar-refractivity contribution is 0.0744. The number of ether oxygens (including phenoxy) is 6. The fourth-order valence-corrected chi connectivity index (χ4v) is 16.0. The summed E-state index contributed by atoms with van der Waals surface area (Å²) in [5, 5.41) is 0. The van der Waals surface area contributed by atoms with Crippen molar-refractivity contribution in [3.63, 3.8) is 0 Å². The third-order valence-corrected chi connectivity index (χ3v) is 23.7. The van der Waals surface area contributed by atoms with Crippen LogP contribution in [-0.4, -0.2) is 115 Å². The van der Waals surface area contributed by atoms with Gasteiger partial charge in [-0.05, 0) is 125 Å².